The first-order valence-electron chi connectivity index (χ1n) is 8.18. The lowest BCUT2D eigenvalue weighted by Crippen LogP contribution is -2.45. The number of aromatic nitrogens is 4. The van der Waals surface area contributed by atoms with Crippen molar-refractivity contribution in [1.82, 2.24) is 19.7 Å². The third-order valence-corrected chi connectivity index (χ3v) is 4.53. The van der Waals surface area contributed by atoms with Gasteiger partial charge >= 0.3 is 0 Å². The van der Waals surface area contributed by atoms with Gasteiger partial charge in [0.05, 0.1) is 44.8 Å². The van der Waals surface area contributed by atoms with Crippen molar-refractivity contribution >= 4 is 5.95 Å². The summed E-state index contributed by atoms with van der Waals surface area (Å²) in [6, 6.07) is 1.91. The second-order valence-corrected chi connectivity index (χ2v) is 6.37. The molecule has 0 unspecified atom stereocenters. The van der Waals surface area contributed by atoms with Crippen LogP contribution in [0.5, 0.6) is 0 Å². The zero-order valence-corrected chi connectivity index (χ0v) is 13.3. The Labute approximate surface area is 139 Å². The van der Waals surface area contributed by atoms with Gasteiger partial charge in [-0.15, -0.1) is 0 Å². The van der Waals surface area contributed by atoms with Crippen molar-refractivity contribution in [3.63, 3.8) is 0 Å². The molecule has 0 bridgehead atoms. The van der Waals surface area contributed by atoms with Crippen LogP contribution >= 0.6 is 0 Å². The molecule has 2 aromatic rings. The third kappa shape index (κ3) is 3.25. The van der Waals surface area contributed by atoms with E-state index in [2.05, 4.69) is 15.1 Å². The molecule has 1 spiro atoms. The average molecular weight is 333 g/mol. The minimum Gasteiger partial charge on any atom is -0.377 e. The van der Waals surface area contributed by atoms with Crippen LogP contribution < -0.4 is 4.90 Å². The maximum atomic E-state index is 13.1. The first kappa shape index (κ1) is 15.5. The molecule has 2 aliphatic rings. The zero-order valence-electron chi connectivity index (χ0n) is 13.3. The predicted molar refractivity (Wildman–Crippen MR) is 84.1 cm³/mol. The molecule has 8 heteroatoms. The molecule has 4 rings (SSSR count). The number of halogens is 1. The summed E-state index contributed by atoms with van der Waals surface area (Å²) < 4.78 is 27.1. The second kappa shape index (κ2) is 6.45. The number of rotatable bonds is 3. The molecule has 0 radical (unpaired) electrons. The highest BCUT2D eigenvalue weighted by Crippen LogP contribution is 2.34. The van der Waals surface area contributed by atoms with Gasteiger partial charge in [-0.2, -0.15) is 5.10 Å². The molecule has 2 aliphatic heterocycles. The van der Waals surface area contributed by atoms with Crippen LogP contribution in [0, 0.1) is 5.82 Å². The quantitative estimate of drug-likeness (QED) is 0.843. The highest BCUT2D eigenvalue weighted by Gasteiger charge is 2.43. The minimum atomic E-state index is -0.434. The Morgan fingerprint density at radius 2 is 2.21 bits per heavy atom. The van der Waals surface area contributed by atoms with Crippen molar-refractivity contribution in [3.8, 4) is 0 Å². The van der Waals surface area contributed by atoms with Gasteiger partial charge in [-0.1, -0.05) is 0 Å². The van der Waals surface area contributed by atoms with Crippen molar-refractivity contribution in [2.45, 2.75) is 31.1 Å². The Bertz CT molecular complexity index is 666. The average Bonchev–Trinajstić information content (AvgIpc) is 3.17. The van der Waals surface area contributed by atoms with Gasteiger partial charge < -0.3 is 14.4 Å². The van der Waals surface area contributed by atoms with Crippen LogP contribution in [-0.2, 0) is 16.0 Å². The van der Waals surface area contributed by atoms with Gasteiger partial charge in [0, 0.05) is 18.9 Å². The molecule has 24 heavy (non-hydrogen) atoms. The summed E-state index contributed by atoms with van der Waals surface area (Å²) >= 11 is 0. The fourth-order valence-electron chi connectivity index (χ4n) is 3.41. The second-order valence-electron chi connectivity index (χ2n) is 6.37. The van der Waals surface area contributed by atoms with Crippen LogP contribution in [0.25, 0.3) is 0 Å². The van der Waals surface area contributed by atoms with Gasteiger partial charge in [-0.3, -0.25) is 4.68 Å². The first-order chi connectivity index (χ1) is 11.7. The first-order valence-corrected chi connectivity index (χ1v) is 8.18. The molecule has 2 fully saturated rings. The van der Waals surface area contributed by atoms with Gasteiger partial charge in [-0.05, 0) is 18.9 Å². The van der Waals surface area contributed by atoms with Crippen LogP contribution in [0.2, 0.25) is 0 Å². The van der Waals surface area contributed by atoms with Crippen LogP contribution in [0.15, 0.2) is 30.9 Å². The standard InChI is InChI=1S/C16H20FN5O2/c17-13-8-18-15(19-9-13)21-6-7-23-12-16(11-21)3-2-14(24-16)10-22-5-1-4-20-22/h1,4-5,8-9,14H,2-3,6-7,10-12H2/t14-,16+/m0/s1. The van der Waals surface area contributed by atoms with E-state index in [1.54, 1.807) is 6.20 Å². The van der Waals surface area contributed by atoms with Gasteiger partial charge in [0.1, 0.15) is 5.60 Å². The molecule has 0 amide bonds. The number of hydrogen-bond donors (Lipinski definition) is 0. The maximum Gasteiger partial charge on any atom is 0.225 e. The third-order valence-electron chi connectivity index (χ3n) is 4.53. The van der Waals surface area contributed by atoms with Gasteiger partial charge in [0.2, 0.25) is 5.95 Å². The van der Waals surface area contributed by atoms with Crippen molar-refractivity contribution in [2.75, 3.05) is 31.2 Å². The number of hydrogen-bond acceptors (Lipinski definition) is 6. The fourth-order valence-corrected chi connectivity index (χ4v) is 3.41. The molecule has 128 valence electrons. The fraction of sp³-hybridized carbons (Fsp3) is 0.562. The number of ether oxygens (including phenoxy) is 2. The summed E-state index contributed by atoms with van der Waals surface area (Å²) in [6.07, 6.45) is 8.08. The monoisotopic (exact) mass is 333 g/mol. The van der Waals surface area contributed by atoms with Crippen LogP contribution in [0.4, 0.5) is 10.3 Å². The lowest BCUT2D eigenvalue weighted by Gasteiger charge is -2.31. The van der Waals surface area contributed by atoms with E-state index in [4.69, 9.17) is 9.47 Å². The Balaban J connectivity index is 1.47. The largest absolute Gasteiger partial charge is 0.377 e. The van der Waals surface area contributed by atoms with E-state index in [1.807, 2.05) is 21.8 Å². The van der Waals surface area contributed by atoms with E-state index >= 15 is 0 Å². The van der Waals surface area contributed by atoms with Crippen molar-refractivity contribution in [2.24, 2.45) is 0 Å². The summed E-state index contributed by atoms with van der Waals surface area (Å²) in [5.74, 6) is 0.0799. The lowest BCUT2D eigenvalue weighted by molar-refractivity contribution is -0.0807. The molecule has 2 aromatic heterocycles. The summed E-state index contributed by atoms with van der Waals surface area (Å²) in [4.78, 5) is 10.2. The highest BCUT2D eigenvalue weighted by atomic mass is 19.1. The highest BCUT2D eigenvalue weighted by molar-refractivity contribution is 5.30. The van der Waals surface area contributed by atoms with Crippen LogP contribution in [-0.4, -0.2) is 57.8 Å². The predicted octanol–water partition coefficient (Wildman–Crippen LogP) is 1.27. The Hall–Kier alpha value is -2.06. The number of anilines is 1. The molecule has 0 saturated carbocycles. The number of nitrogens with zero attached hydrogens (tertiary/aromatic N) is 5. The van der Waals surface area contributed by atoms with Crippen LogP contribution in [0.3, 0.4) is 0 Å². The molecular formula is C16H20FN5O2. The van der Waals surface area contributed by atoms with E-state index in [0.29, 0.717) is 32.3 Å². The molecule has 2 atom stereocenters. The van der Waals surface area contributed by atoms with Gasteiger partial charge in [0.15, 0.2) is 5.82 Å². The Morgan fingerprint density at radius 3 is 3.00 bits per heavy atom. The topological polar surface area (TPSA) is 65.3 Å². The van der Waals surface area contributed by atoms with Crippen molar-refractivity contribution in [3.05, 3.63) is 36.7 Å². The van der Waals surface area contributed by atoms with E-state index in [9.17, 15) is 4.39 Å². The molecule has 2 saturated heterocycles. The smallest absolute Gasteiger partial charge is 0.225 e. The summed E-state index contributed by atoms with van der Waals surface area (Å²) in [7, 11) is 0. The molecule has 0 N–H and O–H groups in total. The van der Waals surface area contributed by atoms with Gasteiger partial charge in [0.25, 0.3) is 0 Å². The van der Waals surface area contributed by atoms with E-state index in [-0.39, 0.29) is 11.7 Å². The van der Waals surface area contributed by atoms with Crippen LogP contribution in [0.1, 0.15) is 12.8 Å². The van der Waals surface area contributed by atoms with E-state index in [1.165, 1.54) is 12.4 Å². The molecule has 0 aliphatic carbocycles. The van der Waals surface area contributed by atoms with Crippen molar-refractivity contribution in [1.29, 1.82) is 0 Å². The normalized spacial score (nSPS) is 27.5. The summed E-state index contributed by atoms with van der Waals surface area (Å²) in [5.41, 5.74) is -0.369. The SMILES string of the molecule is Fc1cnc(N2CCOC[C@@]3(CC[C@@H](Cn4cccn4)O3)C2)nc1. The van der Waals surface area contributed by atoms with E-state index < -0.39 is 5.82 Å². The van der Waals surface area contributed by atoms with Gasteiger partial charge in [-0.25, -0.2) is 14.4 Å². The maximum absolute atomic E-state index is 13.1. The minimum absolute atomic E-state index is 0.114. The summed E-state index contributed by atoms with van der Waals surface area (Å²) in [5, 5.41) is 4.24. The molecular weight excluding hydrogens is 313 g/mol. The Kier molecular flexibility index (Phi) is 4.15. The zero-order chi connectivity index (χ0) is 16.4. The summed E-state index contributed by atoms with van der Waals surface area (Å²) in [6.45, 7) is 3.19. The molecule has 4 heterocycles. The van der Waals surface area contributed by atoms with E-state index in [0.717, 1.165) is 19.4 Å². The molecule has 0 aromatic carbocycles. The van der Waals surface area contributed by atoms with Crippen molar-refractivity contribution < 1.29 is 13.9 Å². The molecule has 7 nitrogen and oxygen atoms in total. The Morgan fingerprint density at radius 1 is 1.33 bits per heavy atom. The lowest BCUT2D eigenvalue weighted by atomic mass is 10.0.